The van der Waals surface area contributed by atoms with Gasteiger partial charge in [0.1, 0.15) is 5.75 Å². The summed E-state index contributed by atoms with van der Waals surface area (Å²) in [7, 11) is 0. The van der Waals surface area contributed by atoms with Gasteiger partial charge in [-0.05, 0) is 42.0 Å². The van der Waals surface area contributed by atoms with Crippen LogP contribution in [0, 0.1) is 5.92 Å². The van der Waals surface area contributed by atoms with E-state index in [0.717, 1.165) is 10.8 Å². The van der Waals surface area contributed by atoms with Crippen molar-refractivity contribution in [3.05, 3.63) is 60.7 Å². The lowest BCUT2D eigenvalue weighted by molar-refractivity contribution is -0.134. The first-order chi connectivity index (χ1) is 16.5. The van der Waals surface area contributed by atoms with Crippen LogP contribution in [0.25, 0.3) is 10.8 Å². The molecule has 3 aromatic carbocycles. The van der Waals surface area contributed by atoms with E-state index < -0.39 is 23.8 Å². The van der Waals surface area contributed by atoms with Crippen molar-refractivity contribution in [2.75, 3.05) is 18.2 Å². The fraction of sp³-hybridized carbons (Fsp3) is 0.240. The van der Waals surface area contributed by atoms with Crippen LogP contribution in [0.3, 0.4) is 0 Å². The van der Waals surface area contributed by atoms with Crippen LogP contribution < -0.4 is 30.0 Å². The number of nitrogens with zero attached hydrogens (tertiary/aromatic N) is 1. The zero-order valence-electron chi connectivity index (χ0n) is 18.4. The Morgan fingerprint density at radius 1 is 1.00 bits per heavy atom. The molecule has 2 aliphatic rings. The van der Waals surface area contributed by atoms with Gasteiger partial charge >= 0.3 is 0 Å². The van der Waals surface area contributed by atoms with Gasteiger partial charge in [-0.2, -0.15) is 0 Å². The highest BCUT2D eigenvalue weighted by Crippen LogP contribution is 2.37. The fourth-order valence-electron chi connectivity index (χ4n) is 4.01. The number of fused-ring (bicyclic) bond motifs is 2. The molecule has 5 rings (SSSR count). The van der Waals surface area contributed by atoms with Crippen LogP contribution in [0.1, 0.15) is 13.3 Å². The summed E-state index contributed by atoms with van der Waals surface area (Å²) in [6.45, 7) is 1.93. The predicted molar refractivity (Wildman–Crippen MR) is 123 cm³/mol. The summed E-state index contributed by atoms with van der Waals surface area (Å²) >= 11 is 0. The van der Waals surface area contributed by atoms with Gasteiger partial charge in [0.05, 0.1) is 5.92 Å². The third-order valence-electron chi connectivity index (χ3n) is 5.88. The van der Waals surface area contributed by atoms with Crippen LogP contribution in [-0.4, -0.2) is 37.2 Å². The maximum Gasteiger partial charge on any atom is 0.279 e. The van der Waals surface area contributed by atoms with Gasteiger partial charge in [0.25, 0.3) is 5.91 Å². The molecule has 0 radical (unpaired) electrons. The number of benzene rings is 3. The Labute approximate surface area is 195 Å². The lowest BCUT2D eigenvalue weighted by Crippen LogP contribution is -2.49. The Bertz CT molecular complexity index is 1280. The topological polar surface area (TPSA) is 106 Å². The Hall–Kier alpha value is -4.27. The SMILES string of the molecule is CC(Oc1ccc2ccccc2c1)C(=O)NNC(=O)C1CC(=O)N(c2ccc3c(c2)OCO3)C1. The van der Waals surface area contributed by atoms with Crippen LogP contribution in [0.2, 0.25) is 0 Å². The number of hydrazine groups is 1. The second-order valence-corrected chi connectivity index (χ2v) is 8.19. The number of nitrogens with one attached hydrogen (secondary N) is 2. The molecule has 9 nitrogen and oxygen atoms in total. The summed E-state index contributed by atoms with van der Waals surface area (Å²) < 4.78 is 16.4. The molecule has 3 aromatic rings. The van der Waals surface area contributed by atoms with Crippen molar-refractivity contribution in [2.24, 2.45) is 5.92 Å². The van der Waals surface area contributed by atoms with Crippen LogP contribution in [0.4, 0.5) is 5.69 Å². The molecule has 0 saturated carbocycles. The van der Waals surface area contributed by atoms with Gasteiger partial charge in [0.2, 0.25) is 18.6 Å². The molecule has 0 aromatic heterocycles. The normalized spacial score (nSPS) is 17.5. The highest BCUT2D eigenvalue weighted by molar-refractivity contribution is 6.00. The Morgan fingerprint density at radius 2 is 1.79 bits per heavy atom. The number of hydrogen-bond acceptors (Lipinski definition) is 6. The summed E-state index contributed by atoms with van der Waals surface area (Å²) in [4.78, 5) is 39.1. The van der Waals surface area contributed by atoms with Crippen LogP contribution in [0.15, 0.2) is 60.7 Å². The molecular weight excluding hydrogens is 438 g/mol. The van der Waals surface area contributed by atoms with Crippen LogP contribution >= 0.6 is 0 Å². The molecular formula is C25H23N3O6. The maximum atomic E-state index is 12.6. The quantitative estimate of drug-likeness (QED) is 0.566. The average molecular weight is 461 g/mol. The van der Waals surface area contributed by atoms with Gasteiger partial charge in [-0.15, -0.1) is 0 Å². The summed E-state index contributed by atoms with van der Waals surface area (Å²) in [5.41, 5.74) is 5.43. The van der Waals surface area contributed by atoms with Crippen molar-refractivity contribution in [3.8, 4) is 17.2 Å². The van der Waals surface area contributed by atoms with E-state index in [0.29, 0.717) is 22.9 Å². The predicted octanol–water partition coefficient (Wildman–Crippen LogP) is 2.54. The van der Waals surface area contributed by atoms with E-state index >= 15 is 0 Å². The van der Waals surface area contributed by atoms with E-state index in [4.69, 9.17) is 14.2 Å². The highest BCUT2D eigenvalue weighted by Gasteiger charge is 2.36. The standard InChI is InChI=1S/C25H23N3O6/c1-15(34-20-8-6-16-4-2-3-5-17(16)10-20)24(30)26-27-25(31)18-11-23(29)28(13-18)19-7-9-21-22(12-19)33-14-32-21/h2-10,12,15,18H,11,13-14H2,1H3,(H,26,30)(H,27,31). The lowest BCUT2D eigenvalue weighted by atomic mass is 10.1. The van der Waals surface area contributed by atoms with Gasteiger partial charge < -0.3 is 19.1 Å². The van der Waals surface area contributed by atoms with Crippen molar-refractivity contribution >= 4 is 34.2 Å². The first kappa shape index (κ1) is 21.6. The van der Waals surface area contributed by atoms with E-state index in [1.54, 1.807) is 31.2 Å². The van der Waals surface area contributed by atoms with Crippen molar-refractivity contribution in [1.29, 1.82) is 0 Å². The van der Waals surface area contributed by atoms with Gasteiger partial charge in [-0.1, -0.05) is 30.3 Å². The molecule has 2 heterocycles. The molecule has 0 bridgehead atoms. The zero-order valence-corrected chi connectivity index (χ0v) is 18.4. The van der Waals surface area contributed by atoms with E-state index in [2.05, 4.69) is 10.9 Å². The van der Waals surface area contributed by atoms with Crippen molar-refractivity contribution < 1.29 is 28.6 Å². The molecule has 2 atom stereocenters. The van der Waals surface area contributed by atoms with Crippen molar-refractivity contribution in [2.45, 2.75) is 19.4 Å². The number of carbonyl (C=O) groups excluding carboxylic acids is 3. The monoisotopic (exact) mass is 461 g/mol. The number of ether oxygens (including phenoxy) is 3. The zero-order chi connectivity index (χ0) is 23.7. The van der Waals surface area contributed by atoms with Crippen molar-refractivity contribution in [3.63, 3.8) is 0 Å². The van der Waals surface area contributed by atoms with Crippen LogP contribution in [-0.2, 0) is 14.4 Å². The minimum absolute atomic E-state index is 0.0410. The second kappa shape index (κ2) is 8.93. The first-order valence-corrected chi connectivity index (χ1v) is 10.9. The average Bonchev–Trinajstić information content (AvgIpc) is 3.48. The molecule has 174 valence electrons. The van der Waals surface area contributed by atoms with Gasteiger partial charge in [0.15, 0.2) is 17.6 Å². The molecule has 1 fully saturated rings. The molecule has 2 N–H and O–H groups in total. The summed E-state index contributed by atoms with van der Waals surface area (Å²) in [6.07, 6.45) is -0.795. The molecule has 9 heteroatoms. The molecule has 3 amide bonds. The molecule has 2 aliphatic heterocycles. The molecule has 0 spiro atoms. The van der Waals surface area contributed by atoms with E-state index in [9.17, 15) is 14.4 Å². The number of amides is 3. The first-order valence-electron chi connectivity index (χ1n) is 10.9. The Kier molecular flexibility index (Phi) is 5.67. The van der Waals surface area contributed by atoms with E-state index in [1.807, 2.05) is 36.4 Å². The molecule has 1 saturated heterocycles. The minimum atomic E-state index is -0.836. The van der Waals surface area contributed by atoms with Crippen molar-refractivity contribution in [1.82, 2.24) is 10.9 Å². The van der Waals surface area contributed by atoms with E-state index in [1.165, 1.54) is 4.90 Å². The van der Waals surface area contributed by atoms with Crippen LogP contribution in [0.5, 0.6) is 17.2 Å². The minimum Gasteiger partial charge on any atom is -0.481 e. The summed E-state index contributed by atoms with van der Waals surface area (Å²) in [5.74, 6) is 0.00122. The fourth-order valence-corrected chi connectivity index (χ4v) is 4.01. The maximum absolute atomic E-state index is 12.6. The highest BCUT2D eigenvalue weighted by atomic mass is 16.7. The number of hydrogen-bond donors (Lipinski definition) is 2. The summed E-state index contributed by atoms with van der Waals surface area (Å²) in [5, 5.41) is 2.07. The molecule has 0 aliphatic carbocycles. The molecule has 34 heavy (non-hydrogen) atoms. The molecule has 2 unspecified atom stereocenters. The largest absolute Gasteiger partial charge is 0.481 e. The number of anilines is 1. The Morgan fingerprint density at radius 3 is 2.65 bits per heavy atom. The third-order valence-corrected chi connectivity index (χ3v) is 5.88. The third kappa shape index (κ3) is 4.32. The number of rotatable bonds is 5. The Balaban J connectivity index is 1.14. The van der Waals surface area contributed by atoms with Gasteiger partial charge in [0, 0.05) is 24.7 Å². The van der Waals surface area contributed by atoms with Gasteiger partial charge in [-0.25, -0.2) is 0 Å². The van der Waals surface area contributed by atoms with E-state index in [-0.39, 0.29) is 25.7 Å². The number of carbonyl (C=O) groups is 3. The smallest absolute Gasteiger partial charge is 0.279 e. The van der Waals surface area contributed by atoms with Gasteiger partial charge in [-0.3, -0.25) is 25.2 Å². The summed E-state index contributed by atoms with van der Waals surface area (Å²) in [6, 6.07) is 18.6. The second-order valence-electron chi connectivity index (χ2n) is 8.19. The lowest BCUT2D eigenvalue weighted by Gasteiger charge is -2.18.